The molecular formula is C18H21NO4. The maximum absolute atomic E-state index is 12.4. The third kappa shape index (κ3) is 2.96. The number of likely N-dealkylation sites (tertiary alicyclic amines) is 1. The summed E-state index contributed by atoms with van der Waals surface area (Å²) < 4.78 is 5.34. The smallest absolute Gasteiger partial charge is 0.340 e. The monoisotopic (exact) mass is 315 g/mol. The van der Waals surface area contributed by atoms with Crippen LogP contribution < -0.4 is 5.63 Å². The Morgan fingerprint density at radius 1 is 1.22 bits per heavy atom. The Balaban J connectivity index is 2.00. The zero-order chi connectivity index (χ0) is 16.6. The molecule has 0 radical (unpaired) electrons. The van der Waals surface area contributed by atoms with Gasteiger partial charge in [-0.05, 0) is 56.4 Å². The highest BCUT2D eigenvalue weighted by Gasteiger charge is 2.21. The number of aryl methyl sites for hydroxylation is 2. The van der Waals surface area contributed by atoms with Crippen LogP contribution in [-0.4, -0.2) is 29.0 Å². The molecule has 1 aromatic carbocycles. The normalized spacial score (nSPS) is 15.1. The molecule has 2 aromatic rings. The minimum Gasteiger partial charge on any atom is -0.507 e. The number of aromatic hydroxyl groups is 1. The van der Waals surface area contributed by atoms with Crippen molar-refractivity contribution in [3.8, 4) is 5.75 Å². The highest BCUT2D eigenvalue weighted by molar-refractivity contribution is 5.89. The molecule has 1 aliphatic rings. The number of rotatable bonds is 2. The molecule has 2 heterocycles. The van der Waals surface area contributed by atoms with Crippen LogP contribution in [0.25, 0.3) is 11.0 Å². The molecule has 1 N–H and O–H groups in total. The molecule has 0 spiro atoms. The van der Waals surface area contributed by atoms with Gasteiger partial charge in [0.15, 0.2) is 0 Å². The lowest BCUT2D eigenvalue weighted by Crippen LogP contribution is -2.37. The van der Waals surface area contributed by atoms with Crippen LogP contribution in [0.3, 0.4) is 0 Å². The molecule has 0 saturated carbocycles. The van der Waals surface area contributed by atoms with E-state index in [1.54, 1.807) is 19.1 Å². The number of carbonyl (C=O) groups excluding carboxylic acids is 1. The fraction of sp³-hybridized carbons (Fsp3) is 0.444. The highest BCUT2D eigenvalue weighted by atomic mass is 16.4. The Bertz CT molecular complexity index is 816. The third-order valence-corrected chi connectivity index (χ3v) is 4.54. The maximum Gasteiger partial charge on any atom is 0.340 e. The molecule has 5 heteroatoms. The van der Waals surface area contributed by atoms with Crippen molar-refractivity contribution >= 4 is 16.9 Å². The second-order valence-electron chi connectivity index (χ2n) is 6.27. The largest absolute Gasteiger partial charge is 0.507 e. The van der Waals surface area contributed by atoms with E-state index in [9.17, 15) is 14.7 Å². The van der Waals surface area contributed by atoms with E-state index in [1.165, 1.54) is 0 Å². The number of nitrogens with zero attached hydrogens (tertiary/aromatic N) is 1. The summed E-state index contributed by atoms with van der Waals surface area (Å²) in [6.07, 6.45) is 3.19. The molecule has 1 amide bonds. The van der Waals surface area contributed by atoms with Crippen LogP contribution in [0.15, 0.2) is 21.3 Å². The summed E-state index contributed by atoms with van der Waals surface area (Å²) in [6.45, 7) is 5.08. The Morgan fingerprint density at radius 3 is 2.61 bits per heavy atom. The predicted octanol–water partition coefficient (Wildman–Crippen LogP) is 2.67. The number of phenols is 1. The number of benzene rings is 1. The molecule has 0 aliphatic carbocycles. The standard InChI is InChI=1S/C18H21NO4/c1-11-8-14(20)17-12(2)13(18(22)23-15(17)9-11)10-16(21)19-6-4-3-5-7-19/h8-9,20H,3-7,10H2,1-2H3. The fourth-order valence-corrected chi connectivity index (χ4v) is 3.27. The van der Waals surface area contributed by atoms with Gasteiger partial charge >= 0.3 is 5.63 Å². The molecule has 122 valence electrons. The van der Waals surface area contributed by atoms with Crippen molar-refractivity contribution in [2.24, 2.45) is 0 Å². The number of carbonyl (C=O) groups is 1. The summed E-state index contributed by atoms with van der Waals surface area (Å²) in [4.78, 5) is 26.5. The van der Waals surface area contributed by atoms with Gasteiger partial charge in [-0.15, -0.1) is 0 Å². The topological polar surface area (TPSA) is 70.8 Å². The first kappa shape index (κ1) is 15.6. The van der Waals surface area contributed by atoms with E-state index >= 15 is 0 Å². The number of hydrogen-bond acceptors (Lipinski definition) is 4. The van der Waals surface area contributed by atoms with Crippen LogP contribution in [-0.2, 0) is 11.2 Å². The molecular weight excluding hydrogens is 294 g/mol. The van der Waals surface area contributed by atoms with Crippen LogP contribution in [0.4, 0.5) is 0 Å². The average molecular weight is 315 g/mol. The number of phenolic OH excluding ortho intramolecular Hbond substituents is 1. The van der Waals surface area contributed by atoms with Gasteiger partial charge < -0.3 is 14.4 Å². The van der Waals surface area contributed by atoms with Gasteiger partial charge in [-0.3, -0.25) is 4.79 Å². The number of amides is 1. The minimum absolute atomic E-state index is 0.0252. The van der Waals surface area contributed by atoms with Crippen molar-refractivity contribution in [2.75, 3.05) is 13.1 Å². The van der Waals surface area contributed by atoms with Crippen molar-refractivity contribution < 1.29 is 14.3 Å². The second kappa shape index (κ2) is 6.07. The van der Waals surface area contributed by atoms with E-state index in [4.69, 9.17) is 4.42 Å². The zero-order valence-corrected chi connectivity index (χ0v) is 13.5. The third-order valence-electron chi connectivity index (χ3n) is 4.54. The van der Waals surface area contributed by atoms with Crippen molar-refractivity contribution in [1.29, 1.82) is 0 Å². The average Bonchev–Trinajstić information content (AvgIpc) is 2.51. The molecule has 1 aromatic heterocycles. The Kier molecular flexibility index (Phi) is 4.11. The van der Waals surface area contributed by atoms with Crippen molar-refractivity contribution in [3.05, 3.63) is 39.2 Å². The number of hydrogen-bond donors (Lipinski definition) is 1. The SMILES string of the molecule is Cc1cc(O)c2c(C)c(CC(=O)N3CCCCC3)c(=O)oc2c1. The lowest BCUT2D eigenvalue weighted by atomic mass is 10.0. The van der Waals surface area contributed by atoms with Gasteiger partial charge in [0, 0.05) is 13.1 Å². The molecule has 23 heavy (non-hydrogen) atoms. The van der Waals surface area contributed by atoms with E-state index in [0.29, 0.717) is 22.1 Å². The van der Waals surface area contributed by atoms with E-state index in [1.807, 2.05) is 11.8 Å². The lowest BCUT2D eigenvalue weighted by molar-refractivity contribution is -0.131. The number of piperidine rings is 1. The predicted molar refractivity (Wildman–Crippen MR) is 87.8 cm³/mol. The summed E-state index contributed by atoms with van der Waals surface area (Å²) in [5.74, 6) is 0.0268. The summed E-state index contributed by atoms with van der Waals surface area (Å²) in [6, 6.07) is 3.35. The van der Waals surface area contributed by atoms with Crippen LogP contribution in [0.1, 0.15) is 36.0 Å². The minimum atomic E-state index is -0.495. The molecule has 5 nitrogen and oxygen atoms in total. The number of fused-ring (bicyclic) bond motifs is 1. The fourth-order valence-electron chi connectivity index (χ4n) is 3.27. The Labute approximate surface area is 134 Å². The van der Waals surface area contributed by atoms with Gasteiger partial charge in [0.25, 0.3) is 0 Å². The van der Waals surface area contributed by atoms with Crippen molar-refractivity contribution in [2.45, 2.75) is 39.5 Å². The van der Waals surface area contributed by atoms with Gasteiger partial charge in [0.05, 0.1) is 17.4 Å². The summed E-state index contributed by atoms with van der Waals surface area (Å²) in [7, 11) is 0. The van der Waals surface area contributed by atoms with Gasteiger partial charge in [-0.25, -0.2) is 4.79 Å². The molecule has 1 saturated heterocycles. The quantitative estimate of drug-likeness (QED) is 0.865. The lowest BCUT2D eigenvalue weighted by Gasteiger charge is -2.26. The Hall–Kier alpha value is -2.30. The molecule has 1 fully saturated rings. The summed E-state index contributed by atoms with van der Waals surface area (Å²) >= 11 is 0. The van der Waals surface area contributed by atoms with Crippen LogP contribution >= 0.6 is 0 Å². The zero-order valence-electron chi connectivity index (χ0n) is 13.5. The van der Waals surface area contributed by atoms with Gasteiger partial charge in [0.1, 0.15) is 11.3 Å². The van der Waals surface area contributed by atoms with Crippen LogP contribution in [0.2, 0.25) is 0 Å². The second-order valence-corrected chi connectivity index (χ2v) is 6.27. The van der Waals surface area contributed by atoms with E-state index in [0.717, 1.165) is 37.9 Å². The van der Waals surface area contributed by atoms with Gasteiger partial charge in [-0.1, -0.05) is 0 Å². The first-order chi connectivity index (χ1) is 11.0. The van der Waals surface area contributed by atoms with Crippen molar-refractivity contribution in [3.63, 3.8) is 0 Å². The highest BCUT2D eigenvalue weighted by Crippen LogP contribution is 2.30. The first-order valence-electron chi connectivity index (χ1n) is 8.01. The van der Waals surface area contributed by atoms with Gasteiger partial charge in [-0.2, -0.15) is 0 Å². The van der Waals surface area contributed by atoms with Crippen LogP contribution in [0.5, 0.6) is 5.75 Å². The van der Waals surface area contributed by atoms with E-state index < -0.39 is 5.63 Å². The van der Waals surface area contributed by atoms with E-state index in [2.05, 4.69) is 0 Å². The molecule has 0 unspecified atom stereocenters. The maximum atomic E-state index is 12.4. The molecule has 1 aliphatic heterocycles. The van der Waals surface area contributed by atoms with Crippen molar-refractivity contribution in [1.82, 2.24) is 4.90 Å². The van der Waals surface area contributed by atoms with Crippen LogP contribution in [0, 0.1) is 13.8 Å². The summed E-state index contributed by atoms with van der Waals surface area (Å²) in [5.41, 5.74) is 1.64. The van der Waals surface area contributed by atoms with E-state index in [-0.39, 0.29) is 18.1 Å². The molecule has 0 atom stereocenters. The molecule has 3 rings (SSSR count). The molecule has 0 bridgehead atoms. The Morgan fingerprint density at radius 2 is 1.91 bits per heavy atom. The summed E-state index contributed by atoms with van der Waals surface area (Å²) in [5, 5.41) is 10.7. The van der Waals surface area contributed by atoms with Gasteiger partial charge in [0.2, 0.25) is 5.91 Å². The first-order valence-corrected chi connectivity index (χ1v) is 8.01.